The fourth-order valence-corrected chi connectivity index (χ4v) is 3.25. The highest BCUT2D eigenvalue weighted by Crippen LogP contribution is 2.11. The second-order valence-electron chi connectivity index (χ2n) is 5.45. The quantitative estimate of drug-likeness (QED) is 0.417. The van der Waals surface area contributed by atoms with E-state index in [2.05, 4.69) is 13.8 Å². The van der Waals surface area contributed by atoms with Crippen LogP contribution in [0.15, 0.2) is 0 Å². The normalized spacial score (nSPS) is 13.3. The first kappa shape index (κ1) is 18.4. The minimum Gasteiger partial charge on any atom is -0.452 e. The first-order chi connectivity index (χ1) is 8.45. The van der Waals surface area contributed by atoms with Gasteiger partial charge in [-0.15, -0.1) is 0 Å². The van der Waals surface area contributed by atoms with Crippen LogP contribution in [0.5, 0.6) is 0 Å². The van der Waals surface area contributed by atoms with Gasteiger partial charge in [0.25, 0.3) is 0 Å². The van der Waals surface area contributed by atoms with Crippen LogP contribution < -0.4 is 0 Å². The molecule has 0 aliphatic rings. The lowest BCUT2D eigenvalue weighted by Crippen LogP contribution is -2.35. The third-order valence-electron chi connectivity index (χ3n) is 2.57. The smallest absolute Gasteiger partial charge is 0.452 e. The Kier molecular flexibility index (Phi) is 11.5. The zero-order chi connectivity index (χ0) is 14.0. The number of hydrogen-bond acceptors (Lipinski definition) is 3. The number of rotatable bonds is 11. The van der Waals surface area contributed by atoms with E-state index in [0.29, 0.717) is 0 Å². The van der Waals surface area contributed by atoms with Crippen LogP contribution in [0.4, 0.5) is 0 Å². The molecule has 0 rings (SSSR count). The molecular weight excluding hydrogens is 243 g/mol. The molecule has 0 bridgehead atoms. The molecule has 0 radical (unpaired) electrons. The SMILES string of the molecule is CCCCCCC(C)[O][Al]([O]C(C)C)[O]C(C)C. The van der Waals surface area contributed by atoms with Crippen LogP contribution in [-0.2, 0) is 11.4 Å². The molecule has 0 saturated heterocycles. The van der Waals surface area contributed by atoms with Gasteiger partial charge in [-0.1, -0.05) is 32.6 Å². The predicted molar refractivity (Wildman–Crippen MR) is 77.5 cm³/mol. The summed E-state index contributed by atoms with van der Waals surface area (Å²) in [7, 11) is 0. The van der Waals surface area contributed by atoms with Gasteiger partial charge in [0.1, 0.15) is 0 Å². The van der Waals surface area contributed by atoms with Crippen molar-refractivity contribution in [2.45, 2.75) is 92.0 Å². The van der Waals surface area contributed by atoms with Gasteiger partial charge in [0, 0.05) is 18.3 Å². The van der Waals surface area contributed by atoms with E-state index >= 15 is 0 Å². The van der Waals surface area contributed by atoms with E-state index < -0.39 is 15.1 Å². The minimum absolute atomic E-state index is 0.174. The molecule has 0 fully saturated rings. The van der Waals surface area contributed by atoms with Crippen molar-refractivity contribution in [2.75, 3.05) is 0 Å². The summed E-state index contributed by atoms with van der Waals surface area (Å²) in [6.45, 7) is 12.5. The summed E-state index contributed by atoms with van der Waals surface area (Å²) < 4.78 is 17.5. The Hall–Kier alpha value is 0.412. The molecule has 1 atom stereocenters. The third kappa shape index (κ3) is 11.5. The van der Waals surface area contributed by atoms with Gasteiger partial charge in [0.05, 0.1) is 0 Å². The summed E-state index contributed by atoms with van der Waals surface area (Å²) in [6.07, 6.45) is 6.83. The van der Waals surface area contributed by atoms with E-state index in [1.165, 1.54) is 25.7 Å². The second-order valence-corrected chi connectivity index (χ2v) is 6.85. The summed E-state index contributed by atoms with van der Waals surface area (Å²) in [5.41, 5.74) is 0. The highest BCUT2D eigenvalue weighted by Gasteiger charge is 2.35. The third-order valence-corrected chi connectivity index (χ3v) is 4.79. The van der Waals surface area contributed by atoms with Gasteiger partial charge in [0.15, 0.2) is 0 Å². The minimum atomic E-state index is -1.97. The maximum atomic E-state index is 5.95. The van der Waals surface area contributed by atoms with Crippen LogP contribution in [-0.4, -0.2) is 33.5 Å². The van der Waals surface area contributed by atoms with Crippen molar-refractivity contribution in [3.8, 4) is 0 Å². The van der Waals surface area contributed by atoms with Crippen molar-refractivity contribution in [3.63, 3.8) is 0 Å². The lowest BCUT2D eigenvalue weighted by atomic mass is 10.1. The first-order valence-corrected chi connectivity index (χ1v) is 8.83. The summed E-state index contributed by atoms with van der Waals surface area (Å²) in [6, 6.07) is 0. The molecule has 0 aromatic carbocycles. The fourth-order valence-electron chi connectivity index (χ4n) is 1.66. The van der Waals surface area contributed by atoms with Crippen molar-refractivity contribution in [1.82, 2.24) is 0 Å². The Morgan fingerprint density at radius 3 is 1.78 bits per heavy atom. The molecule has 0 saturated carbocycles. The molecule has 0 aromatic rings. The molecule has 108 valence electrons. The lowest BCUT2D eigenvalue weighted by molar-refractivity contribution is 0.0262. The average molecular weight is 274 g/mol. The largest absolute Gasteiger partial charge is 0.906 e. The molecule has 0 aliphatic carbocycles. The van der Waals surface area contributed by atoms with Crippen molar-refractivity contribution in [3.05, 3.63) is 0 Å². The van der Waals surface area contributed by atoms with Gasteiger partial charge in [-0.3, -0.25) is 0 Å². The molecule has 3 nitrogen and oxygen atoms in total. The Morgan fingerprint density at radius 1 is 0.778 bits per heavy atom. The van der Waals surface area contributed by atoms with Gasteiger partial charge in [-0.2, -0.15) is 0 Å². The van der Waals surface area contributed by atoms with Crippen molar-refractivity contribution < 1.29 is 11.4 Å². The van der Waals surface area contributed by atoms with Crippen LogP contribution in [0.1, 0.15) is 73.6 Å². The zero-order valence-corrected chi connectivity index (χ0v) is 14.2. The monoisotopic (exact) mass is 274 g/mol. The fraction of sp³-hybridized carbons (Fsp3) is 1.00. The summed E-state index contributed by atoms with van der Waals surface area (Å²) in [4.78, 5) is 0. The molecule has 0 N–H and O–H groups in total. The number of hydrogen-bond donors (Lipinski definition) is 0. The van der Waals surface area contributed by atoms with Gasteiger partial charge in [-0.05, 0) is 41.0 Å². The Bertz CT molecular complexity index is 176. The average Bonchev–Trinajstić information content (AvgIpc) is 2.22. The first-order valence-electron chi connectivity index (χ1n) is 7.42. The predicted octanol–water partition coefficient (Wildman–Crippen LogP) is 4.20. The number of unbranched alkanes of at least 4 members (excludes halogenated alkanes) is 3. The van der Waals surface area contributed by atoms with E-state index in [9.17, 15) is 0 Å². The second kappa shape index (κ2) is 11.3. The van der Waals surface area contributed by atoms with E-state index in [0.717, 1.165) is 6.42 Å². The standard InChI is InChI=1S/C8H17O.2C3H7O.Al/c1-3-4-5-6-7-8(2)9;2*1-3(2)4;/h8H,3-7H2,1-2H3;2*3H,1-2H3;/q3*-1;+3. The Morgan fingerprint density at radius 2 is 1.33 bits per heavy atom. The zero-order valence-electron chi connectivity index (χ0n) is 13.1. The highest BCUT2D eigenvalue weighted by atomic mass is 27.3. The molecule has 0 heterocycles. The van der Waals surface area contributed by atoms with Gasteiger partial charge in [0.2, 0.25) is 0 Å². The topological polar surface area (TPSA) is 27.7 Å². The van der Waals surface area contributed by atoms with Gasteiger partial charge >= 0.3 is 15.1 Å². The van der Waals surface area contributed by atoms with Gasteiger partial charge in [-0.25, -0.2) is 0 Å². The molecule has 0 spiro atoms. The molecule has 1 unspecified atom stereocenters. The Balaban J connectivity index is 3.89. The van der Waals surface area contributed by atoms with Crippen molar-refractivity contribution >= 4 is 15.1 Å². The molecule has 0 amide bonds. The van der Waals surface area contributed by atoms with E-state index in [-0.39, 0.29) is 18.3 Å². The van der Waals surface area contributed by atoms with E-state index in [1.807, 2.05) is 27.7 Å². The highest BCUT2D eigenvalue weighted by molar-refractivity contribution is 6.36. The summed E-state index contributed by atoms with van der Waals surface area (Å²) in [5.74, 6) is 0. The maximum Gasteiger partial charge on any atom is 0.906 e. The van der Waals surface area contributed by atoms with Crippen LogP contribution in [0.3, 0.4) is 0 Å². The Labute approximate surface area is 119 Å². The molecule has 0 aromatic heterocycles. The van der Waals surface area contributed by atoms with Crippen LogP contribution in [0.2, 0.25) is 0 Å². The maximum absolute atomic E-state index is 5.95. The van der Waals surface area contributed by atoms with E-state index in [4.69, 9.17) is 11.4 Å². The van der Waals surface area contributed by atoms with E-state index in [1.54, 1.807) is 0 Å². The summed E-state index contributed by atoms with van der Waals surface area (Å²) >= 11 is -1.97. The molecule has 4 heteroatoms. The summed E-state index contributed by atoms with van der Waals surface area (Å²) in [5, 5.41) is 0. The van der Waals surface area contributed by atoms with Crippen molar-refractivity contribution in [1.29, 1.82) is 0 Å². The van der Waals surface area contributed by atoms with Crippen LogP contribution in [0.25, 0.3) is 0 Å². The molecule has 0 aliphatic heterocycles. The molecular formula is C14H31AlO3. The van der Waals surface area contributed by atoms with Crippen LogP contribution >= 0.6 is 0 Å². The van der Waals surface area contributed by atoms with Gasteiger partial charge < -0.3 is 11.4 Å². The molecule has 18 heavy (non-hydrogen) atoms. The van der Waals surface area contributed by atoms with Crippen LogP contribution in [0, 0.1) is 0 Å². The lowest BCUT2D eigenvalue weighted by Gasteiger charge is -2.22. The van der Waals surface area contributed by atoms with Crippen molar-refractivity contribution in [2.24, 2.45) is 0 Å².